The summed E-state index contributed by atoms with van der Waals surface area (Å²) in [4.78, 5) is 0. The van der Waals surface area contributed by atoms with E-state index < -0.39 is 0 Å². The molecule has 1 aromatic carbocycles. The number of nitriles is 1. The van der Waals surface area contributed by atoms with Gasteiger partial charge in [-0.15, -0.1) is 0 Å². The summed E-state index contributed by atoms with van der Waals surface area (Å²) in [6.07, 6.45) is 0.353. The number of rotatable bonds is 2. The second-order valence-electron chi connectivity index (χ2n) is 3.79. The predicted molar refractivity (Wildman–Crippen MR) is 54.5 cm³/mol. The van der Waals surface area contributed by atoms with E-state index in [0.717, 1.165) is 11.1 Å². The molecule has 0 spiro atoms. The van der Waals surface area contributed by atoms with Gasteiger partial charge in [0.2, 0.25) is 0 Å². The zero-order valence-corrected chi connectivity index (χ0v) is 8.76. The standard InChI is InChI=1S/C12H14FN/c1-8(2)11-7-10(4-5-14)9(3)6-12(11)13/h6-8H,4H2,1-3H3. The van der Waals surface area contributed by atoms with Crippen LogP contribution in [0.5, 0.6) is 0 Å². The van der Waals surface area contributed by atoms with Crippen LogP contribution in [0.15, 0.2) is 12.1 Å². The van der Waals surface area contributed by atoms with Crippen LogP contribution in [0.4, 0.5) is 4.39 Å². The Kier molecular flexibility index (Phi) is 3.24. The predicted octanol–water partition coefficient (Wildman–Crippen LogP) is 3.32. The van der Waals surface area contributed by atoms with Gasteiger partial charge in [-0.05, 0) is 35.6 Å². The number of benzene rings is 1. The smallest absolute Gasteiger partial charge is 0.126 e. The fourth-order valence-electron chi connectivity index (χ4n) is 1.45. The van der Waals surface area contributed by atoms with E-state index in [0.29, 0.717) is 12.0 Å². The van der Waals surface area contributed by atoms with Gasteiger partial charge in [0, 0.05) is 0 Å². The SMILES string of the molecule is Cc1cc(F)c(C(C)C)cc1CC#N. The molecule has 0 amide bonds. The molecule has 1 rings (SSSR count). The van der Waals surface area contributed by atoms with E-state index in [9.17, 15) is 4.39 Å². The first kappa shape index (κ1) is 10.7. The lowest BCUT2D eigenvalue weighted by Crippen LogP contribution is -1.98. The van der Waals surface area contributed by atoms with Gasteiger partial charge in [-0.25, -0.2) is 4.39 Å². The minimum atomic E-state index is -0.167. The number of halogens is 1. The highest BCUT2D eigenvalue weighted by Gasteiger charge is 2.09. The zero-order valence-electron chi connectivity index (χ0n) is 8.76. The lowest BCUT2D eigenvalue weighted by atomic mass is 9.96. The van der Waals surface area contributed by atoms with Gasteiger partial charge in [-0.1, -0.05) is 19.9 Å². The minimum absolute atomic E-state index is 0.160. The molecule has 0 bridgehead atoms. The molecular formula is C12H14FN. The van der Waals surface area contributed by atoms with E-state index in [-0.39, 0.29) is 11.7 Å². The number of nitrogens with zero attached hydrogens (tertiary/aromatic N) is 1. The molecular weight excluding hydrogens is 177 g/mol. The van der Waals surface area contributed by atoms with Crippen LogP contribution < -0.4 is 0 Å². The van der Waals surface area contributed by atoms with Crippen molar-refractivity contribution in [3.05, 3.63) is 34.6 Å². The van der Waals surface area contributed by atoms with Gasteiger partial charge in [-0.2, -0.15) is 5.26 Å². The van der Waals surface area contributed by atoms with Crippen molar-refractivity contribution in [2.24, 2.45) is 0 Å². The second-order valence-corrected chi connectivity index (χ2v) is 3.79. The molecule has 0 saturated carbocycles. The zero-order chi connectivity index (χ0) is 10.7. The number of aryl methyl sites for hydroxylation is 1. The summed E-state index contributed by atoms with van der Waals surface area (Å²) >= 11 is 0. The lowest BCUT2D eigenvalue weighted by molar-refractivity contribution is 0.596. The van der Waals surface area contributed by atoms with Crippen molar-refractivity contribution in [1.82, 2.24) is 0 Å². The topological polar surface area (TPSA) is 23.8 Å². The summed E-state index contributed by atoms with van der Waals surface area (Å²) in [7, 11) is 0. The molecule has 0 N–H and O–H groups in total. The monoisotopic (exact) mass is 191 g/mol. The highest BCUT2D eigenvalue weighted by molar-refractivity contribution is 5.35. The van der Waals surface area contributed by atoms with Crippen LogP contribution in [-0.2, 0) is 6.42 Å². The van der Waals surface area contributed by atoms with Crippen LogP contribution in [0.3, 0.4) is 0 Å². The molecule has 0 aromatic heterocycles. The minimum Gasteiger partial charge on any atom is -0.207 e. The molecule has 1 nitrogen and oxygen atoms in total. The van der Waals surface area contributed by atoms with E-state index in [1.807, 2.05) is 20.8 Å². The van der Waals surface area contributed by atoms with Gasteiger partial charge < -0.3 is 0 Å². The third-order valence-electron chi connectivity index (χ3n) is 2.35. The maximum Gasteiger partial charge on any atom is 0.126 e. The Bertz CT molecular complexity index is 375. The summed E-state index contributed by atoms with van der Waals surface area (Å²) in [6, 6.07) is 5.41. The van der Waals surface area contributed by atoms with Crippen LogP contribution in [-0.4, -0.2) is 0 Å². The molecule has 0 aliphatic carbocycles. The van der Waals surface area contributed by atoms with E-state index >= 15 is 0 Å². The fourth-order valence-corrected chi connectivity index (χ4v) is 1.45. The Balaban J connectivity index is 3.21. The Morgan fingerprint density at radius 1 is 1.43 bits per heavy atom. The molecule has 0 heterocycles. The molecule has 74 valence electrons. The molecule has 0 unspecified atom stereocenters. The maximum atomic E-state index is 13.4. The Hall–Kier alpha value is -1.36. The Labute approximate surface area is 84.2 Å². The summed E-state index contributed by atoms with van der Waals surface area (Å²) in [6.45, 7) is 5.73. The van der Waals surface area contributed by atoms with Crippen LogP contribution in [0.2, 0.25) is 0 Å². The van der Waals surface area contributed by atoms with Crippen molar-refractivity contribution >= 4 is 0 Å². The quantitative estimate of drug-likeness (QED) is 0.703. The van der Waals surface area contributed by atoms with Crippen molar-refractivity contribution in [2.75, 3.05) is 0 Å². The van der Waals surface area contributed by atoms with Crippen molar-refractivity contribution in [3.8, 4) is 6.07 Å². The third kappa shape index (κ3) is 2.11. The average Bonchev–Trinajstić information content (AvgIpc) is 2.09. The summed E-state index contributed by atoms with van der Waals surface area (Å²) in [5, 5.41) is 8.60. The molecule has 0 aliphatic heterocycles. The Morgan fingerprint density at radius 2 is 2.07 bits per heavy atom. The lowest BCUT2D eigenvalue weighted by Gasteiger charge is -2.10. The Morgan fingerprint density at radius 3 is 2.57 bits per heavy atom. The van der Waals surface area contributed by atoms with E-state index in [2.05, 4.69) is 6.07 Å². The molecule has 2 heteroatoms. The van der Waals surface area contributed by atoms with Crippen molar-refractivity contribution in [2.45, 2.75) is 33.1 Å². The largest absolute Gasteiger partial charge is 0.207 e. The van der Waals surface area contributed by atoms with E-state index in [1.54, 1.807) is 6.07 Å². The average molecular weight is 191 g/mol. The van der Waals surface area contributed by atoms with Crippen molar-refractivity contribution in [1.29, 1.82) is 5.26 Å². The van der Waals surface area contributed by atoms with Gasteiger partial charge in [-0.3, -0.25) is 0 Å². The van der Waals surface area contributed by atoms with Gasteiger partial charge in [0.1, 0.15) is 5.82 Å². The van der Waals surface area contributed by atoms with Crippen LogP contribution in [0.25, 0.3) is 0 Å². The summed E-state index contributed by atoms with van der Waals surface area (Å²) in [5.41, 5.74) is 2.48. The van der Waals surface area contributed by atoms with E-state index in [1.165, 1.54) is 6.07 Å². The third-order valence-corrected chi connectivity index (χ3v) is 2.35. The molecule has 0 aliphatic rings. The molecule has 14 heavy (non-hydrogen) atoms. The van der Waals surface area contributed by atoms with Crippen LogP contribution >= 0.6 is 0 Å². The normalized spacial score (nSPS) is 10.3. The van der Waals surface area contributed by atoms with Gasteiger partial charge >= 0.3 is 0 Å². The summed E-state index contributed by atoms with van der Waals surface area (Å²) in [5.74, 6) is -0.00719. The fraction of sp³-hybridized carbons (Fsp3) is 0.417. The van der Waals surface area contributed by atoms with Crippen LogP contribution in [0, 0.1) is 24.1 Å². The first-order valence-electron chi connectivity index (χ1n) is 4.72. The van der Waals surface area contributed by atoms with Crippen molar-refractivity contribution in [3.63, 3.8) is 0 Å². The second kappa shape index (κ2) is 4.23. The first-order valence-corrected chi connectivity index (χ1v) is 4.72. The van der Waals surface area contributed by atoms with Gasteiger partial charge in [0.25, 0.3) is 0 Å². The molecule has 0 fully saturated rings. The molecule has 0 atom stereocenters. The molecule has 0 radical (unpaired) electrons. The highest BCUT2D eigenvalue weighted by Crippen LogP contribution is 2.22. The van der Waals surface area contributed by atoms with Gasteiger partial charge in [0.15, 0.2) is 0 Å². The number of hydrogen-bond acceptors (Lipinski definition) is 1. The molecule has 0 saturated heterocycles. The number of hydrogen-bond donors (Lipinski definition) is 0. The molecule has 1 aromatic rings. The van der Waals surface area contributed by atoms with Crippen LogP contribution in [0.1, 0.15) is 36.5 Å². The van der Waals surface area contributed by atoms with Gasteiger partial charge in [0.05, 0.1) is 12.5 Å². The summed E-state index contributed by atoms with van der Waals surface area (Å²) < 4.78 is 13.4. The highest BCUT2D eigenvalue weighted by atomic mass is 19.1. The van der Waals surface area contributed by atoms with E-state index in [4.69, 9.17) is 5.26 Å². The maximum absolute atomic E-state index is 13.4. The van der Waals surface area contributed by atoms with Crippen molar-refractivity contribution < 1.29 is 4.39 Å². The first-order chi connectivity index (χ1) is 6.56.